The van der Waals surface area contributed by atoms with Crippen molar-refractivity contribution >= 4 is 28.4 Å². The zero-order valence-corrected chi connectivity index (χ0v) is 8.70. The number of carbonyl (C=O) groups excluding carboxylic acids is 1. The van der Waals surface area contributed by atoms with Gasteiger partial charge >= 0.3 is 6.36 Å². The van der Waals surface area contributed by atoms with Gasteiger partial charge in [-0.15, -0.1) is 13.2 Å². The number of H-pyrrole nitrogens is 1. The van der Waals surface area contributed by atoms with Gasteiger partial charge in [0.1, 0.15) is 5.69 Å². The maximum Gasteiger partial charge on any atom is 0.573 e. The van der Waals surface area contributed by atoms with Crippen LogP contribution in [0.25, 0.3) is 0 Å². The van der Waals surface area contributed by atoms with E-state index < -0.39 is 33.6 Å². The molecule has 0 amide bonds. The number of nitrogens with one attached hydrogen (secondary N) is 1. The van der Waals surface area contributed by atoms with E-state index in [2.05, 4.69) is 4.74 Å². The van der Waals surface area contributed by atoms with E-state index >= 15 is 0 Å². The van der Waals surface area contributed by atoms with Crippen molar-refractivity contribution in [2.45, 2.75) is 6.36 Å². The van der Waals surface area contributed by atoms with E-state index in [0.29, 0.717) is 6.07 Å². The second kappa shape index (κ2) is 4.34. The van der Waals surface area contributed by atoms with Gasteiger partial charge in [-0.05, 0) is 11.6 Å². The van der Waals surface area contributed by atoms with Gasteiger partial charge in [0.15, 0.2) is 5.75 Å². The molecule has 0 unspecified atom stereocenters. The predicted octanol–water partition coefficient (Wildman–Crippen LogP) is 2.31. The maximum atomic E-state index is 11.9. The molecule has 0 radical (unpaired) electrons. The standard InChI is InChI=1S/C7H2Cl2F3NO3/c8-2-1-3(14)13-4(6(9)15)5(2)16-7(10,11)12/h1H,(H,13,14). The average Bonchev–Trinajstić information content (AvgIpc) is 2.07. The van der Waals surface area contributed by atoms with Gasteiger partial charge < -0.3 is 9.72 Å². The molecule has 0 aliphatic heterocycles. The fourth-order valence-electron chi connectivity index (χ4n) is 0.870. The second-order valence-electron chi connectivity index (χ2n) is 2.51. The third kappa shape index (κ3) is 3.14. The highest BCUT2D eigenvalue weighted by Crippen LogP contribution is 2.31. The van der Waals surface area contributed by atoms with Crippen LogP contribution in [-0.2, 0) is 0 Å². The van der Waals surface area contributed by atoms with E-state index in [1.54, 1.807) is 4.98 Å². The highest BCUT2D eigenvalue weighted by molar-refractivity contribution is 6.67. The molecule has 1 aromatic rings. The lowest BCUT2D eigenvalue weighted by atomic mass is 10.3. The first-order valence-corrected chi connectivity index (χ1v) is 4.34. The third-order valence-electron chi connectivity index (χ3n) is 1.36. The summed E-state index contributed by atoms with van der Waals surface area (Å²) in [4.78, 5) is 23.4. The first kappa shape index (κ1) is 12.9. The Balaban J connectivity index is 3.36. The topological polar surface area (TPSA) is 59.2 Å². The highest BCUT2D eigenvalue weighted by atomic mass is 35.5. The number of pyridine rings is 1. The van der Waals surface area contributed by atoms with Crippen LogP contribution in [0.15, 0.2) is 10.9 Å². The quantitative estimate of drug-likeness (QED) is 0.843. The van der Waals surface area contributed by atoms with Crippen molar-refractivity contribution in [2.24, 2.45) is 0 Å². The second-order valence-corrected chi connectivity index (χ2v) is 3.26. The van der Waals surface area contributed by atoms with Crippen molar-refractivity contribution in [3.63, 3.8) is 0 Å². The lowest BCUT2D eigenvalue weighted by Crippen LogP contribution is -2.21. The molecule has 16 heavy (non-hydrogen) atoms. The minimum absolute atomic E-state index is 0.631. The number of halogens is 5. The van der Waals surface area contributed by atoms with E-state index in [4.69, 9.17) is 23.2 Å². The minimum atomic E-state index is -5.05. The average molecular weight is 276 g/mol. The van der Waals surface area contributed by atoms with Crippen LogP contribution < -0.4 is 10.3 Å². The first-order chi connectivity index (χ1) is 7.20. The minimum Gasteiger partial charge on any atom is -0.402 e. The zero-order valence-electron chi connectivity index (χ0n) is 7.19. The Hall–Kier alpha value is -1.21. The molecule has 4 nitrogen and oxygen atoms in total. The van der Waals surface area contributed by atoms with Crippen molar-refractivity contribution < 1.29 is 22.7 Å². The van der Waals surface area contributed by atoms with Crippen molar-refractivity contribution in [1.29, 1.82) is 0 Å². The summed E-state index contributed by atoms with van der Waals surface area (Å²) < 4.78 is 39.3. The van der Waals surface area contributed by atoms with Crippen LogP contribution in [0.3, 0.4) is 0 Å². The van der Waals surface area contributed by atoms with Gasteiger partial charge in [-0.3, -0.25) is 9.59 Å². The molecule has 9 heteroatoms. The van der Waals surface area contributed by atoms with Crippen LogP contribution in [0.1, 0.15) is 10.5 Å². The number of ether oxygens (including phenoxy) is 1. The van der Waals surface area contributed by atoms with E-state index in [1.165, 1.54) is 0 Å². The molecule has 0 fully saturated rings. The van der Waals surface area contributed by atoms with Gasteiger partial charge in [-0.2, -0.15) is 0 Å². The van der Waals surface area contributed by atoms with Gasteiger partial charge in [-0.1, -0.05) is 11.6 Å². The van der Waals surface area contributed by atoms with E-state index in [9.17, 15) is 22.8 Å². The number of rotatable bonds is 2. The van der Waals surface area contributed by atoms with Crippen molar-refractivity contribution in [3.05, 3.63) is 27.1 Å². The summed E-state index contributed by atoms with van der Waals surface area (Å²) in [6.07, 6.45) is -5.05. The molecule has 0 saturated carbocycles. The Morgan fingerprint density at radius 1 is 1.44 bits per heavy atom. The van der Waals surface area contributed by atoms with Crippen LogP contribution in [0.2, 0.25) is 5.02 Å². The SMILES string of the molecule is O=C(Cl)c1[nH]c(=O)cc(Cl)c1OC(F)(F)F. The molecule has 88 valence electrons. The van der Waals surface area contributed by atoms with Crippen molar-refractivity contribution in [2.75, 3.05) is 0 Å². The zero-order chi connectivity index (χ0) is 12.5. The van der Waals surface area contributed by atoms with E-state index in [-0.39, 0.29) is 0 Å². The Bertz CT molecular complexity index is 483. The predicted molar refractivity (Wildman–Crippen MR) is 48.9 cm³/mol. The Labute approximate surface area is 95.9 Å². The molecule has 0 atom stereocenters. The lowest BCUT2D eigenvalue weighted by molar-refractivity contribution is -0.274. The normalized spacial score (nSPS) is 11.3. The molecule has 1 rings (SSSR count). The number of alkyl halides is 3. The van der Waals surface area contributed by atoms with Crippen molar-refractivity contribution in [1.82, 2.24) is 4.98 Å². The summed E-state index contributed by atoms with van der Waals surface area (Å²) in [7, 11) is 0. The van der Waals surface area contributed by atoms with Crippen LogP contribution in [0.5, 0.6) is 5.75 Å². The number of hydrogen-bond acceptors (Lipinski definition) is 3. The maximum absolute atomic E-state index is 11.9. The Kier molecular flexibility index (Phi) is 3.49. The van der Waals surface area contributed by atoms with Crippen LogP contribution in [-0.4, -0.2) is 16.6 Å². The largest absolute Gasteiger partial charge is 0.573 e. The molecule has 0 bridgehead atoms. The van der Waals surface area contributed by atoms with Gasteiger partial charge in [-0.25, -0.2) is 0 Å². The van der Waals surface area contributed by atoms with Gasteiger partial charge in [0, 0.05) is 6.07 Å². The molecule has 0 aromatic carbocycles. The summed E-state index contributed by atoms with van der Waals surface area (Å²) in [6.45, 7) is 0. The number of hydrogen-bond donors (Lipinski definition) is 1. The molecular weight excluding hydrogens is 274 g/mol. The molecule has 0 saturated heterocycles. The summed E-state index contributed by atoms with van der Waals surface area (Å²) in [5.74, 6) is -1.03. The summed E-state index contributed by atoms with van der Waals surface area (Å²) in [5.41, 5.74) is -1.72. The Morgan fingerprint density at radius 2 is 2.00 bits per heavy atom. The number of aromatic nitrogens is 1. The van der Waals surface area contributed by atoms with Gasteiger partial charge in [0.2, 0.25) is 5.56 Å². The van der Waals surface area contributed by atoms with E-state index in [1.807, 2.05) is 0 Å². The monoisotopic (exact) mass is 275 g/mol. The summed E-state index contributed by atoms with van der Waals surface area (Å²) in [6, 6.07) is 0.631. The van der Waals surface area contributed by atoms with E-state index in [0.717, 1.165) is 0 Å². The molecule has 1 N–H and O–H groups in total. The fourth-order valence-corrected chi connectivity index (χ4v) is 1.24. The molecule has 1 heterocycles. The van der Waals surface area contributed by atoms with Crippen LogP contribution in [0.4, 0.5) is 13.2 Å². The molecule has 0 aliphatic carbocycles. The molecular formula is C7H2Cl2F3NO3. The first-order valence-electron chi connectivity index (χ1n) is 3.59. The summed E-state index contributed by atoms with van der Waals surface area (Å²) >= 11 is 10.3. The molecule has 1 aromatic heterocycles. The third-order valence-corrected chi connectivity index (χ3v) is 1.83. The summed E-state index contributed by atoms with van der Waals surface area (Å²) in [5, 5.41) is -1.98. The molecule has 0 spiro atoms. The van der Waals surface area contributed by atoms with Gasteiger partial charge in [0.05, 0.1) is 5.02 Å². The molecule has 0 aliphatic rings. The van der Waals surface area contributed by atoms with Crippen molar-refractivity contribution in [3.8, 4) is 5.75 Å². The van der Waals surface area contributed by atoms with Crippen LogP contribution in [0, 0.1) is 0 Å². The fraction of sp³-hybridized carbons (Fsp3) is 0.143. The lowest BCUT2D eigenvalue weighted by Gasteiger charge is -2.11. The van der Waals surface area contributed by atoms with Gasteiger partial charge in [0.25, 0.3) is 5.24 Å². The smallest absolute Gasteiger partial charge is 0.402 e. The highest BCUT2D eigenvalue weighted by Gasteiger charge is 2.34. The number of carbonyl (C=O) groups is 1. The van der Waals surface area contributed by atoms with Crippen LogP contribution >= 0.6 is 23.2 Å². The number of aromatic amines is 1. The Morgan fingerprint density at radius 3 is 2.44 bits per heavy atom.